The molecule has 122 valence electrons. The second-order valence-corrected chi connectivity index (χ2v) is 6.55. The van der Waals surface area contributed by atoms with E-state index in [-0.39, 0.29) is 11.9 Å². The molecule has 1 fully saturated rings. The van der Waals surface area contributed by atoms with Crippen molar-refractivity contribution in [3.8, 4) is 0 Å². The average molecular weight is 298 g/mol. The summed E-state index contributed by atoms with van der Waals surface area (Å²) in [5.41, 5.74) is 5.30. The van der Waals surface area contributed by atoms with Gasteiger partial charge in [-0.3, -0.25) is 9.59 Å². The molecule has 0 radical (unpaired) electrons. The maximum atomic E-state index is 11.6. The monoisotopic (exact) mass is 298 g/mol. The van der Waals surface area contributed by atoms with E-state index in [0.717, 1.165) is 32.1 Å². The van der Waals surface area contributed by atoms with Crippen LogP contribution in [0.15, 0.2) is 0 Å². The Morgan fingerprint density at radius 1 is 1.38 bits per heavy atom. The van der Waals surface area contributed by atoms with E-state index >= 15 is 0 Å². The fraction of sp³-hybridized carbons (Fsp3) is 0.875. The standard InChI is InChI=1S/C16H30N2O3/c1-3-4-13(7-10-18-12(2)19)5-8-16(15(20)21)9-6-14(17)11-16/h13-14H,3-11,17H2,1-2H3,(H,18,19)(H,20,21). The molecule has 5 heteroatoms. The summed E-state index contributed by atoms with van der Waals surface area (Å²) in [7, 11) is 0. The first-order chi connectivity index (χ1) is 9.89. The molecule has 1 aliphatic carbocycles. The van der Waals surface area contributed by atoms with Crippen molar-refractivity contribution in [1.29, 1.82) is 0 Å². The fourth-order valence-electron chi connectivity index (χ4n) is 3.47. The first kappa shape index (κ1) is 18.0. The molecule has 0 aromatic carbocycles. The second kappa shape index (κ2) is 8.37. The van der Waals surface area contributed by atoms with Crippen molar-refractivity contribution in [3.63, 3.8) is 0 Å². The van der Waals surface area contributed by atoms with Gasteiger partial charge in [-0.15, -0.1) is 0 Å². The van der Waals surface area contributed by atoms with Gasteiger partial charge in [-0.25, -0.2) is 0 Å². The lowest BCUT2D eigenvalue weighted by atomic mass is 9.78. The number of carboxylic acid groups (broad SMARTS) is 1. The molecule has 1 amide bonds. The van der Waals surface area contributed by atoms with Crippen LogP contribution in [0.1, 0.15) is 65.2 Å². The Morgan fingerprint density at radius 3 is 2.57 bits per heavy atom. The number of hydrogen-bond acceptors (Lipinski definition) is 3. The number of rotatable bonds is 9. The number of nitrogens with one attached hydrogen (secondary N) is 1. The molecule has 3 atom stereocenters. The lowest BCUT2D eigenvalue weighted by Gasteiger charge is -2.27. The average Bonchev–Trinajstić information content (AvgIpc) is 2.78. The fourth-order valence-corrected chi connectivity index (χ4v) is 3.47. The highest BCUT2D eigenvalue weighted by Gasteiger charge is 2.44. The van der Waals surface area contributed by atoms with Crippen molar-refractivity contribution in [2.75, 3.05) is 6.54 Å². The smallest absolute Gasteiger partial charge is 0.309 e. The Hall–Kier alpha value is -1.10. The maximum absolute atomic E-state index is 11.6. The minimum Gasteiger partial charge on any atom is -0.481 e. The Bertz CT molecular complexity index is 359. The van der Waals surface area contributed by atoms with E-state index in [1.165, 1.54) is 6.92 Å². The van der Waals surface area contributed by atoms with Crippen LogP contribution in [0.25, 0.3) is 0 Å². The summed E-state index contributed by atoms with van der Waals surface area (Å²) in [5, 5.41) is 12.4. The predicted molar refractivity (Wildman–Crippen MR) is 82.8 cm³/mol. The van der Waals surface area contributed by atoms with Gasteiger partial charge < -0.3 is 16.2 Å². The van der Waals surface area contributed by atoms with Crippen LogP contribution in [0.2, 0.25) is 0 Å². The summed E-state index contributed by atoms with van der Waals surface area (Å²) in [4.78, 5) is 22.6. The highest BCUT2D eigenvalue weighted by atomic mass is 16.4. The first-order valence-corrected chi connectivity index (χ1v) is 8.13. The van der Waals surface area contributed by atoms with E-state index in [1.54, 1.807) is 0 Å². The van der Waals surface area contributed by atoms with Crippen LogP contribution in [0.3, 0.4) is 0 Å². The van der Waals surface area contributed by atoms with Gasteiger partial charge in [-0.1, -0.05) is 19.8 Å². The molecule has 1 aliphatic rings. The Balaban J connectivity index is 2.50. The summed E-state index contributed by atoms with van der Waals surface area (Å²) in [6, 6.07) is 0.0325. The van der Waals surface area contributed by atoms with Crippen LogP contribution in [-0.4, -0.2) is 29.6 Å². The van der Waals surface area contributed by atoms with Crippen molar-refractivity contribution in [2.24, 2.45) is 17.1 Å². The van der Waals surface area contributed by atoms with Crippen LogP contribution in [0, 0.1) is 11.3 Å². The van der Waals surface area contributed by atoms with Crippen molar-refractivity contribution >= 4 is 11.9 Å². The van der Waals surface area contributed by atoms with E-state index < -0.39 is 11.4 Å². The normalized spacial score (nSPS) is 26.5. The minimum atomic E-state index is -0.687. The van der Waals surface area contributed by atoms with Crippen molar-refractivity contribution < 1.29 is 14.7 Å². The van der Waals surface area contributed by atoms with Gasteiger partial charge in [-0.2, -0.15) is 0 Å². The lowest BCUT2D eigenvalue weighted by Crippen LogP contribution is -2.31. The number of carboxylic acids is 1. The molecule has 0 heterocycles. The van der Waals surface area contributed by atoms with Gasteiger partial charge in [0.25, 0.3) is 0 Å². The van der Waals surface area contributed by atoms with Crippen molar-refractivity contribution in [1.82, 2.24) is 5.32 Å². The summed E-state index contributed by atoms with van der Waals surface area (Å²) >= 11 is 0. The van der Waals surface area contributed by atoms with Gasteiger partial charge in [-0.05, 0) is 44.4 Å². The molecule has 0 aromatic heterocycles. The quantitative estimate of drug-likeness (QED) is 0.609. The second-order valence-electron chi connectivity index (χ2n) is 6.55. The van der Waals surface area contributed by atoms with Gasteiger partial charge in [0, 0.05) is 19.5 Å². The van der Waals surface area contributed by atoms with Gasteiger partial charge >= 0.3 is 5.97 Å². The third-order valence-corrected chi connectivity index (χ3v) is 4.75. The molecule has 0 aliphatic heterocycles. The van der Waals surface area contributed by atoms with Crippen molar-refractivity contribution in [2.45, 2.75) is 71.3 Å². The van der Waals surface area contributed by atoms with Gasteiger partial charge in [0.1, 0.15) is 0 Å². The summed E-state index contributed by atoms with van der Waals surface area (Å²) in [5.74, 6) is -0.212. The van der Waals surface area contributed by atoms with E-state index in [9.17, 15) is 14.7 Å². The number of carbonyl (C=O) groups excluding carboxylic acids is 1. The highest BCUT2D eigenvalue weighted by molar-refractivity contribution is 5.75. The summed E-state index contributed by atoms with van der Waals surface area (Å²) in [6.07, 6.45) is 6.84. The molecule has 3 unspecified atom stereocenters. The van der Waals surface area contributed by atoms with Gasteiger partial charge in [0.05, 0.1) is 5.41 Å². The third kappa shape index (κ3) is 5.65. The molecule has 1 rings (SSSR count). The molecular formula is C16H30N2O3. The van der Waals surface area contributed by atoms with E-state index in [2.05, 4.69) is 12.2 Å². The molecule has 21 heavy (non-hydrogen) atoms. The first-order valence-electron chi connectivity index (χ1n) is 8.13. The van der Waals surface area contributed by atoms with Crippen LogP contribution in [0.5, 0.6) is 0 Å². The van der Waals surface area contributed by atoms with Crippen LogP contribution >= 0.6 is 0 Å². The number of hydrogen-bond donors (Lipinski definition) is 3. The van der Waals surface area contributed by atoms with Gasteiger partial charge in [0.2, 0.25) is 5.91 Å². The minimum absolute atomic E-state index is 0.00554. The molecule has 0 aromatic rings. The molecule has 5 nitrogen and oxygen atoms in total. The van der Waals surface area contributed by atoms with Crippen LogP contribution in [-0.2, 0) is 9.59 Å². The van der Waals surface area contributed by atoms with E-state index in [0.29, 0.717) is 31.7 Å². The van der Waals surface area contributed by atoms with Gasteiger partial charge in [0.15, 0.2) is 0 Å². The maximum Gasteiger partial charge on any atom is 0.309 e. The highest BCUT2D eigenvalue weighted by Crippen LogP contribution is 2.43. The lowest BCUT2D eigenvalue weighted by molar-refractivity contribution is -0.149. The molecule has 0 spiro atoms. The Kier molecular flexibility index (Phi) is 7.15. The number of nitrogens with two attached hydrogens (primary N) is 1. The molecule has 0 saturated heterocycles. The van der Waals surface area contributed by atoms with E-state index in [4.69, 9.17) is 5.73 Å². The summed E-state index contributed by atoms with van der Waals surface area (Å²) < 4.78 is 0. The Morgan fingerprint density at radius 2 is 2.10 bits per heavy atom. The Labute approximate surface area is 127 Å². The number of aliphatic carboxylic acids is 1. The van der Waals surface area contributed by atoms with E-state index in [1.807, 2.05) is 0 Å². The molecule has 0 bridgehead atoms. The SMILES string of the molecule is CCCC(CCNC(C)=O)CCC1(C(=O)O)CCC(N)C1. The zero-order chi connectivity index (χ0) is 15.9. The third-order valence-electron chi connectivity index (χ3n) is 4.75. The number of amides is 1. The largest absolute Gasteiger partial charge is 0.481 e. The van der Waals surface area contributed by atoms with Crippen molar-refractivity contribution in [3.05, 3.63) is 0 Å². The molecule has 1 saturated carbocycles. The zero-order valence-corrected chi connectivity index (χ0v) is 13.4. The molecular weight excluding hydrogens is 268 g/mol. The summed E-state index contributed by atoms with van der Waals surface area (Å²) in [6.45, 7) is 4.34. The van der Waals surface area contributed by atoms with Crippen LogP contribution < -0.4 is 11.1 Å². The van der Waals surface area contributed by atoms with Crippen LogP contribution in [0.4, 0.5) is 0 Å². The topological polar surface area (TPSA) is 92.4 Å². The molecule has 4 N–H and O–H groups in total. The number of carbonyl (C=O) groups is 2. The predicted octanol–water partition coefficient (Wildman–Crippen LogP) is 2.29. The zero-order valence-electron chi connectivity index (χ0n) is 13.4.